The lowest BCUT2D eigenvalue weighted by Crippen LogP contribution is -2.40. The number of fused-ring (bicyclic) bond motifs is 1. The van der Waals surface area contributed by atoms with Crippen LogP contribution in [-0.4, -0.2) is 32.1 Å². The Kier molecular flexibility index (Phi) is 2.89. The summed E-state index contributed by atoms with van der Waals surface area (Å²) in [7, 11) is 0. The Hall–Kier alpha value is -1.30. The molecule has 0 radical (unpaired) electrons. The molecule has 0 spiro atoms. The zero-order valence-corrected chi connectivity index (χ0v) is 11.0. The molecule has 0 amide bonds. The molecule has 96 valence electrons. The average Bonchev–Trinajstić information content (AvgIpc) is 2.70. The third kappa shape index (κ3) is 2.05. The monoisotopic (exact) mass is 266 g/mol. The molecule has 1 aliphatic carbocycles. The first-order chi connectivity index (χ1) is 8.71. The van der Waals surface area contributed by atoms with Gasteiger partial charge < -0.3 is 5.32 Å². The van der Waals surface area contributed by atoms with E-state index in [2.05, 4.69) is 21.7 Å². The normalized spacial score (nSPS) is 17.7. The lowest BCUT2D eigenvalue weighted by atomic mass is 9.84. The van der Waals surface area contributed by atoms with Gasteiger partial charge in [-0.25, -0.2) is 8.91 Å². The molecule has 0 atom stereocenters. The van der Waals surface area contributed by atoms with Gasteiger partial charge in [0.05, 0.1) is 6.20 Å². The van der Waals surface area contributed by atoms with Crippen molar-refractivity contribution < 1.29 is 4.39 Å². The summed E-state index contributed by atoms with van der Waals surface area (Å²) >= 11 is 1.90. The van der Waals surface area contributed by atoms with E-state index in [-0.39, 0.29) is 5.82 Å². The summed E-state index contributed by atoms with van der Waals surface area (Å²) < 4.78 is 14.8. The smallest absolute Gasteiger partial charge is 0.243 e. The number of nitrogens with zero attached hydrogens (tertiary/aromatic N) is 3. The number of rotatable bonds is 4. The zero-order chi connectivity index (χ0) is 12.6. The van der Waals surface area contributed by atoms with Crippen molar-refractivity contribution in [2.75, 3.05) is 18.1 Å². The van der Waals surface area contributed by atoms with Crippen molar-refractivity contribution in [3.63, 3.8) is 0 Å². The van der Waals surface area contributed by atoms with Crippen molar-refractivity contribution in [1.29, 1.82) is 0 Å². The molecule has 1 aliphatic rings. The van der Waals surface area contributed by atoms with Crippen molar-refractivity contribution in [2.24, 2.45) is 0 Å². The summed E-state index contributed by atoms with van der Waals surface area (Å²) in [6.45, 7) is 0.869. The Morgan fingerprint density at radius 3 is 3.00 bits per heavy atom. The van der Waals surface area contributed by atoms with Gasteiger partial charge in [0.25, 0.3) is 0 Å². The molecule has 4 nitrogen and oxygen atoms in total. The van der Waals surface area contributed by atoms with Crippen LogP contribution in [0.5, 0.6) is 0 Å². The summed E-state index contributed by atoms with van der Waals surface area (Å²) in [5.74, 6) is 0.263. The molecular formula is C12H15FN4S. The second-order valence-corrected chi connectivity index (χ2v) is 5.95. The predicted octanol–water partition coefficient (Wildman–Crippen LogP) is 2.57. The standard InChI is InChI=1S/C12H15FN4S/c1-18-12(5-2-6-12)8-14-11-15-10-4-3-9(13)7-17(10)16-11/h3-4,7H,2,5-6,8H2,1H3,(H,14,16). The van der Waals surface area contributed by atoms with E-state index in [4.69, 9.17) is 0 Å². The molecule has 0 aromatic carbocycles. The Morgan fingerprint density at radius 2 is 2.33 bits per heavy atom. The number of thioether (sulfide) groups is 1. The van der Waals surface area contributed by atoms with Crippen LogP contribution in [0, 0.1) is 5.82 Å². The molecule has 2 heterocycles. The van der Waals surface area contributed by atoms with Crippen LogP contribution in [0.3, 0.4) is 0 Å². The molecule has 0 unspecified atom stereocenters. The van der Waals surface area contributed by atoms with Gasteiger partial charge in [0.15, 0.2) is 5.65 Å². The number of halogens is 1. The molecule has 2 aromatic heterocycles. The molecule has 1 fully saturated rings. The van der Waals surface area contributed by atoms with E-state index >= 15 is 0 Å². The van der Waals surface area contributed by atoms with Crippen LogP contribution < -0.4 is 5.32 Å². The Bertz CT molecular complexity index is 559. The molecule has 18 heavy (non-hydrogen) atoms. The summed E-state index contributed by atoms with van der Waals surface area (Å²) in [6, 6.07) is 3.02. The topological polar surface area (TPSA) is 42.2 Å². The summed E-state index contributed by atoms with van der Waals surface area (Å²) in [4.78, 5) is 4.31. The molecule has 0 aliphatic heterocycles. The lowest BCUT2D eigenvalue weighted by Gasteiger charge is -2.40. The van der Waals surface area contributed by atoms with Gasteiger partial charge in [-0.15, -0.1) is 5.10 Å². The number of hydrogen-bond acceptors (Lipinski definition) is 4. The van der Waals surface area contributed by atoms with Gasteiger partial charge in [-0.2, -0.15) is 16.7 Å². The van der Waals surface area contributed by atoms with E-state index < -0.39 is 0 Å². The minimum absolute atomic E-state index is 0.307. The SMILES string of the molecule is CSC1(CNc2nc3ccc(F)cn3n2)CCC1. The Morgan fingerprint density at radius 1 is 1.50 bits per heavy atom. The molecule has 6 heteroatoms. The van der Waals surface area contributed by atoms with E-state index in [9.17, 15) is 4.39 Å². The minimum atomic E-state index is -0.307. The fourth-order valence-corrected chi connectivity index (χ4v) is 3.11. The summed E-state index contributed by atoms with van der Waals surface area (Å²) in [5, 5.41) is 7.48. The lowest BCUT2D eigenvalue weighted by molar-refractivity contribution is 0.379. The molecule has 1 N–H and O–H groups in total. The van der Waals surface area contributed by atoms with Crippen molar-refractivity contribution in [2.45, 2.75) is 24.0 Å². The summed E-state index contributed by atoms with van der Waals surface area (Å²) in [6.07, 6.45) is 7.26. The first-order valence-electron chi connectivity index (χ1n) is 6.02. The second kappa shape index (κ2) is 4.42. The van der Waals surface area contributed by atoms with E-state index in [1.54, 1.807) is 6.07 Å². The number of aromatic nitrogens is 3. The highest BCUT2D eigenvalue weighted by Crippen LogP contribution is 2.42. The third-order valence-corrected chi connectivity index (χ3v) is 4.98. The van der Waals surface area contributed by atoms with Crippen molar-refractivity contribution in [1.82, 2.24) is 14.6 Å². The van der Waals surface area contributed by atoms with Crippen LogP contribution in [-0.2, 0) is 0 Å². The number of nitrogens with one attached hydrogen (secondary N) is 1. The van der Waals surface area contributed by atoms with Crippen LogP contribution in [0.15, 0.2) is 18.3 Å². The zero-order valence-electron chi connectivity index (χ0n) is 10.2. The number of pyridine rings is 1. The van der Waals surface area contributed by atoms with E-state index in [1.807, 2.05) is 11.8 Å². The Balaban J connectivity index is 1.74. The van der Waals surface area contributed by atoms with E-state index in [1.165, 1.54) is 36.0 Å². The molecular weight excluding hydrogens is 251 g/mol. The minimum Gasteiger partial charge on any atom is -0.352 e. The van der Waals surface area contributed by atoms with Crippen molar-refractivity contribution in [3.05, 3.63) is 24.1 Å². The van der Waals surface area contributed by atoms with Gasteiger partial charge in [-0.1, -0.05) is 6.42 Å². The maximum absolute atomic E-state index is 13.0. The van der Waals surface area contributed by atoms with Crippen molar-refractivity contribution in [3.8, 4) is 0 Å². The van der Waals surface area contributed by atoms with Gasteiger partial charge in [-0.3, -0.25) is 0 Å². The van der Waals surface area contributed by atoms with Crippen LogP contribution in [0.25, 0.3) is 5.65 Å². The quantitative estimate of drug-likeness (QED) is 0.923. The highest BCUT2D eigenvalue weighted by Gasteiger charge is 2.36. The Labute approximate surface area is 109 Å². The van der Waals surface area contributed by atoms with Gasteiger partial charge in [0.1, 0.15) is 5.82 Å². The van der Waals surface area contributed by atoms with E-state index in [0.717, 1.165) is 6.54 Å². The maximum Gasteiger partial charge on any atom is 0.243 e. The predicted molar refractivity (Wildman–Crippen MR) is 71.5 cm³/mol. The fourth-order valence-electron chi connectivity index (χ4n) is 2.20. The highest BCUT2D eigenvalue weighted by atomic mass is 32.2. The van der Waals surface area contributed by atoms with Crippen LogP contribution in [0.4, 0.5) is 10.3 Å². The molecule has 1 saturated carbocycles. The largest absolute Gasteiger partial charge is 0.352 e. The first-order valence-corrected chi connectivity index (χ1v) is 7.24. The number of anilines is 1. The molecule has 0 bridgehead atoms. The van der Waals surface area contributed by atoms with Crippen LogP contribution in [0.1, 0.15) is 19.3 Å². The molecule has 2 aromatic rings. The first kappa shape index (κ1) is 11.8. The fraction of sp³-hybridized carbons (Fsp3) is 0.500. The van der Waals surface area contributed by atoms with Gasteiger partial charge >= 0.3 is 0 Å². The average molecular weight is 266 g/mol. The third-order valence-electron chi connectivity index (χ3n) is 3.56. The van der Waals surface area contributed by atoms with Gasteiger partial charge in [0.2, 0.25) is 5.95 Å². The second-order valence-electron chi connectivity index (χ2n) is 4.68. The number of hydrogen-bond donors (Lipinski definition) is 1. The van der Waals surface area contributed by atoms with E-state index in [0.29, 0.717) is 16.3 Å². The maximum atomic E-state index is 13.0. The van der Waals surface area contributed by atoms with Crippen molar-refractivity contribution >= 4 is 23.4 Å². The molecule has 0 saturated heterocycles. The summed E-state index contributed by atoms with van der Waals surface area (Å²) in [5.41, 5.74) is 0.658. The highest BCUT2D eigenvalue weighted by molar-refractivity contribution is 8.00. The van der Waals surface area contributed by atoms with Crippen LogP contribution >= 0.6 is 11.8 Å². The van der Waals surface area contributed by atoms with Gasteiger partial charge in [-0.05, 0) is 31.2 Å². The molecule has 3 rings (SSSR count). The van der Waals surface area contributed by atoms with Gasteiger partial charge in [0, 0.05) is 11.3 Å². The van der Waals surface area contributed by atoms with Crippen LogP contribution in [0.2, 0.25) is 0 Å².